The third kappa shape index (κ3) is 3.57. The molecule has 0 unspecified atom stereocenters. The lowest BCUT2D eigenvalue weighted by atomic mass is 10.1. The van der Waals surface area contributed by atoms with E-state index in [2.05, 4.69) is 43.4 Å². The van der Waals surface area contributed by atoms with Gasteiger partial charge in [-0.15, -0.1) is 0 Å². The maximum Gasteiger partial charge on any atom is 0.0208 e. The fraction of sp³-hybridized carbons (Fsp3) is 0.455. The van der Waals surface area contributed by atoms with Gasteiger partial charge in [0.15, 0.2) is 0 Å². The molecule has 2 nitrogen and oxygen atoms in total. The number of hydrogen-bond acceptors (Lipinski definition) is 2. The molecule has 0 aliphatic carbocycles. The maximum absolute atomic E-state index is 5.50. The summed E-state index contributed by atoms with van der Waals surface area (Å²) in [4.78, 5) is 0. The van der Waals surface area contributed by atoms with E-state index in [0.29, 0.717) is 12.6 Å². The number of hydrogen-bond donors (Lipinski definition) is 2. The molecule has 0 amide bonds. The summed E-state index contributed by atoms with van der Waals surface area (Å²) in [5, 5.41) is 3.34. The summed E-state index contributed by atoms with van der Waals surface area (Å²) >= 11 is 0. The summed E-state index contributed by atoms with van der Waals surface area (Å²) in [7, 11) is 0. The summed E-state index contributed by atoms with van der Waals surface area (Å²) in [6.07, 6.45) is 0. The third-order valence-corrected chi connectivity index (χ3v) is 2.13. The highest BCUT2D eigenvalue weighted by atomic mass is 14.9. The van der Waals surface area contributed by atoms with Gasteiger partial charge in [-0.2, -0.15) is 0 Å². The normalized spacial score (nSPS) is 12.8. The van der Waals surface area contributed by atoms with Crippen molar-refractivity contribution in [3.05, 3.63) is 35.4 Å². The molecule has 1 atom stereocenters. The number of benzene rings is 1. The van der Waals surface area contributed by atoms with Crippen LogP contribution in [0.5, 0.6) is 0 Å². The van der Waals surface area contributed by atoms with Gasteiger partial charge in [-0.1, -0.05) is 29.8 Å². The Hall–Kier alpha value is -0.860. The zero-order valence-corrected chi connectivity index (χ0v) is 8.38. The van der Waals surface area contributed by atoms with Crippen LogP contribution in [0.4, 0.5) is 0 Å². The molecule has 3 N–H and O–H groups in total. The lowest BCUT2D eigenvalue weighted by Crippen LogP contribution is -2.32. The van der Waals surface area contributed by atoms with Crippen LogP contribution in [0.3, 0.4) is 0 Å². The Morgan fingerprint density at radius 2 is 1.92 bits per heavy atom. The summed E-state index contributed by atoms with van der Waals surface area (Å²) in [6, 6.07) is 8.94. The van der Waals surface area contributed by atoms with Gasteiger partial charge in [0.1, 0.15) is 0 Å². The monoisotopic (exact) mass is 178 g/mol. The van der Waals surface area contributed by atoms with Crippen LogP contribution in [-0.2, 0) is 6.54 Å². The fourth-order valence-corrected chi connectivity index (χ4v) is 1.08. The zero-order valence-electron chi connectivity index (χ0n) is 8.38. The van der Waals surface area contributed by atoms with Crippen molar-refractivity contribution < 1.29 is 0 Å². The summed E-state index contributed by atoms with van der Waals surface area (Å²) < 4.78 is 0. The van der Waals surface area contributed by atoms with E-state index in [1.54, 1.807) is 0 Å². The van der Waals surface area contributed by atoms with Gasteiger partial charge in [0.05, 0.1) is 0 Å². The molecule has 0 radical (unpaired) electrons. The van der Waals surface area contributed by atoms with Crippen molar-refractivity contribution in [2.45, 2.75) is 26.4 Å². The molecule has 0 bridgehead atoms. The Bertz CT molecular complexity index is 241. The second kappa shape index (κ2) is 5.00. The molecule has 1 aromatic carbocycles. The fourth-order valence-electron chi connectivity index (χ4n) is 1.08. The maximum atomic E-state index is 5.50. The van der Waals surface area contributed by atoms with E-state index in [1.165, 1.54) is 11.1 Å². The van der Waals surface area contributed by atoms with Crippen LogP contribution >= 0.6 is 0 Å². The van der Waals surface area contributed by atoms with Crippen LogP contribution in [0.2, 0.25) is 0 Å². The van der Waals surface area contributed by atoms with Gasteiger partial charge < -0.3 is 11.1 Å². The van der Waals surface area contributed by atoms with Crippen LogP contribution in [0.15, 0.2) is 24.3 Å². The van der Waals surface area contributed by atoms with E-state index in [9.17, 15) is 0 Å². The molecule has 72 valence electrons. The summed E-state index contributed by atoms with van der Waals surface area (Å²) in [5.74, 6) is 0. The van der Waals surface area contributed by atoms with Gasteiger partial charge >= 0.3 is 0 Å². The average molecular weight is 178 g/mol. The van der Waals surface area contributed by atoms with Crippen molar-refractivity contribution in [2.24, 2.45) is 5.73 Å². The van der Waals surface area contributed by atoms with E-state index in [0.717, 1.165) is 6.54 Å². The van der Waals surface area contributed by atoms with E-state index in [4.69, 9.17) is 5.73 Å². The van der Waals surface area contributed by atoms with E-state index in [-0.39, 0.29) is 0 Å². The number of aryl methyl sites for hydroxylation is 1. The van der Waals surface area contributed by atoms with Crippen molar-refractivity contribution in [3.8, 4) is 0 Å². The molecule has 0 aromatic heterocycles. The first kappa shape index (κ1) is 10.2. The molecule has 0 heterocycles. The van der Waals surface area contributed by atoms with Gasteiger partial charge in [-0.05, 0) is 19.4 Å². The molecule has 0 saturated heterocycles. The Kier molecular flexibility index (Phi) is 3.93. The minimum Gasteiger partial charge on any atom is -0.329 e. The first-order valence-electron chi connectivity index (χ1n) is 4.71. The van der Waals surface area contributed by atoms with Crippen molar-refractivity contribution in [2.75, 3.05) is 6.54 Å². The molecule has 1 aromatic rings. The second-order valence-corrected chi connectivity index (χ2v) is 3.50. The summed E-state index contributed by atoms with van der Waals surface area (Å²) in [5.41, 5.74) is 8.11. The molecule has 0 spiro atoms. The van der Waals surface area contributed by atoms with Gasteiger partial charge in [0, 0.05) is 19.1 Å². The minimum atomic E-state index is 0.390. The molecule has 2 heteroatoms. The summed E-state index contributed by atoms with van der Waals surface area (Å²) in [6.45, 7) is 5.78. The second-order valence-electron chi connectivity index (χ2n) is 3.50. The van der Waals surface area contributed by atoms with E-state index in [1.807, 2.05) is 0 Å². The standard InChI is InChI=1S/C11H18N2/c1-9-3-5-11(6-4-9)8-13-10(2)7-12/h3-6,10,13H,7-8,12H2,1-2H3/t10-/m1/s1. The highest BCUT2D eigenvalue weighted by molar-refractivity contribution is 5.21. The first-order valence-corrected chi connectivity index (χ1v) is 4.71. The van der Waals surface area contributed by atoms with Crippen molar-refractivity contribution >= 4 is 0 Å². The molecular formula is C11H18N2. The SMILES string of the molecule is Cc1ccc(CN[C@H](C)CN)cc1. The quantitative estimate of drug-likeness (QED) is 0.732. The zero-order chi connectivity index (χ0) is 9.68. The number of rotatable bonds is 4. The molecule has 0 aliphatic heterocycles. The lowest BCUT2D eigenvalue weighted by molar-refractivity contribution is 0.556. The molecule has 0 fully saturated rings. The predicted molar refractivity (Wildman–Crippen MR) is 56.5 cm³/mol. The minimum absolute atomic E-state index is 0.390. The van der Waals surface area contributed by atoms with Crippen molar-refractivity contribution in [1.29, 1.82) is 0 Å². The van der Waals surface area contributed by atoms with E-state index < -0.39 is 0 Å². The Morgan fingerprint density at radius 3 is 2.46 bits per heavy atom. The van der Waals surface area contributed by atoms with Gasteiger partial charge in [-0.3, -0.25) is 0 Å². The topological polar surface area (TPSA) is 38.0 Å². The van der Waals surface area contributed by atoms with Gasteiger partial charge in [0.2, 0.25) is 0 Å². The smallest absolute Gasteiger partial charge is 0.0208 e. The molecular weight excluding hydrogens is 160 g/mol. The van der Waals surface area contributed by atoms with Crippen LogP contribution in [-0.4, -0.2) is 12.6 Å². The first-order chi connectivity index (χ1) is 6.22. The lowest BCUT2D eigenvalue weighted by Gasteiger charge is -2.10. The van der Waals surface area contributed by atoms with Crippen molar-refractivity contribution in [3.63, 3.8) is 0 Å². The van der Waals surface area contributed by atoms with Crippen LogP contribution in [0.1, 0.15) is 18.1 Å². The molecule has 13 heavy (non-hydrogen) atoms. The van der Waals surface area contributed by atoms with Crippen molar-refractivity contribution in [1.82, 2.24) is 5.32 Å². The molecule has 0 aliphatic rings. The molecule has 1 rings (SSSR count). The third-order valence-electron chi connectivity index (χ3n) is 2.13. The van der Waals surface area contributed by atoms with Crippen LogP contribution in [0.25, 0.3) is 0 Å². The van der Waals surface area contributed by atoms with E-state index >= 15 is 0 Å². The van der Waals surface area contributed by atoms with Crippen LogP contribution in [0, 0.1) is 6.92 Å². The largest absolute Gasteiger partial charge is 0.329 e. The van der Waals surface area contributed by atoms with Gasteiger partial charge in [0.25, 0.3) is 0 Å². The Balaban J connectivity index is 2.41. The predicted octanol–water partition coefficient (Wildman–Crippen LogP) is 1.43. The highest BCUT2D eigenvalue weighted by Crippen LogP contribution is 2.02. The van der Waals surface area contributed by atoms with Crippen LogP contribution < -0.4 is 11.1 Å². The highest BCUT2D eigenvalue weighted by Gasteiger charge is 1.97. The van der Waals surface area contributed by atoms with Gasteiger partial charge in [-0.25, -0.2) is 0 Å². The number of nitrogens with two attached hydrogens (primary N) is 1. The Morgan fingerprint density at radius 1 is 1.31 bits per heavy atom. The number of nitrogens with one attached hydrogen (secondary N) is 1. The molecule has 0 saturated carbocycles. The average Bonchev–Trinajstić information content (AvgIpc) is 2.16. The Labute approximate surface area is 80.1 Å².